The molecule has 0 bridgehead atoms. The van der Waals surface area contributed by atoms with Gasteiger partial charge in [-0.25, -0.2) is 9.97 Å². The Labute approximate surface area is 106 Å². The van der Waals surface area contributed by atoms with E-state index in [4.69, 9.17) is 0 Å². The molecule has 94 valence electrons. The van der Waals surface area contributed by atoms with Crippen molar-refractivity contribution in [3.8, 4) is 0 Å². The van der Waals surface area contributed by atoms with E-state index in [2.05, 4.69) is 31.7 Å². The maximum atomic E-state index is 4.34. The Morgan fingerprint density at radius 2 is 2.33 bits per heavy atom. The average Bonchev–Trinajstić information content (AvgIpc) is 2.92. The maximum Gasteiger partial charge on any atom is 0.134 e. The topological polar surface area (TPSA) is 65.6 Å². The van der Waals surface area contributed by atoms with E-state index in [0.29, 0.717) is 0 Å². The lowest BCUT2D eigenvalue weighted by Crippen LogP contribution is -2.26. The van der Waals surface area contributed by atoms with Gasteiger partial charge in [0.05, 0.1) is 5.69 Å². The fraction of sp³-hybridized carbons (Fsp3) is 0.385. The van der Waals surface area contributed by atoms with Gasteiger partial charge in [-0.15, -0.1) is 0 Å². The Balaban J connectivity index is 1.65. The van der Waals surface area contributed by atoms with Crippen LogP contribution in [0.4, 0.5) is 5.82 Å². The van der Waals surface area contributed by atoms with Crippen LogP contribution >= 0.6 is 0 Å². The first-order valence-corrected chi connectivity index (χ1v) is 6.32. The number of aromatic amines is 1. The van der Waals surface area contributed by atoms with E-state index >= 15 is 0 Å². The molecule has 0 amide bonds. The van der Waals surface area contributed by atoms with Crippen LogP contribution in [0.2, 0.25) is 0 Å². The maximum absolute atomic E-state index is 4.34. The zero-order valence-electron chi connectivity index (χ0n) is 10.2. The molecule has 0 saturated carbocycles. The molecule has 0 atom stereocenters. The molecule has 0 aromatic carbocycles. The largest absolute Gasteiger partial charge is 0.369 e. The van der Waals surface area contributed by atoms with Gasteiger partial charge in [-0.1, -0.05) is 0 Å². The number of nitrogens with one attached hydrogen (secondary N) is 3. The van der Waals surface area contributed by atoms with Crippen LogP contribution in [-0.2, 0) is 19.4 Å². The third-order valence-corrected chi connectivity index (χ3v) is 3.24. The van der Waals surface area contributed by atoms with Gasteiger partial charge in [0.2, 0.25) is 0 Å². The van der Waals surface area contributed by atoms with Crippen molar-refractivity contribution in [2.45, 2.75) is 19.4 Å². The highest BCUT2D eigenvalue weighted by atomic mass is 15.0. The van der Waals surface area contributed by atoms with E-state index in [1.165, 1.54) is 16.8 Å². The zero-order chi connectivity index (χ0) is 12.2. The van der Waals surface area contributed by atoms with Gasteiger partial charge in [0.1, 0.15) is 12.1 Å². The van der Waals surface area contributed by atoms with Crippen molar-refractivity contribution in [3.05, 3.63) is 41.6 Å². The summed E-state index contributed by atoms with van der Waals surface area (Å²) in [4.78, 5) is 11.7. The summed E-state index contributed by atoms with van der Waals surface area (Å²) in [5.41, 5.74) is 3.70. The van der Waals surface area contributed by atoms with Crippen LogP contribution in [-0.4, -0.2) is 28.0 Å². The SMILES string of the molecule is c1nc2c(c(NCCc3cc[nH]c3)n1)CNCC2. The highest BCUT2D eigenvalue weighted by molar-refractivity contribution is 5.46. The van der Waals surface area contributed by atoms with Gasteiger partial charge in [-0.3, -0.25) is 0 Å². The van der Waals surface area contributed by atoms with Crippen LogP contribution in [0.25, 0.3) is 0 Å². The lowest BCUT2D eigenvalue weighted by Gasteiger charge is -2.18. The van der Waals surface area contributed by atoms with E-state index in [1.807, 2.05) is 12.4 Å². The summed E-state index contributed by atoms with van der Waals surface area (Å²) in [5, 5.41) is 6.77. The number of anilines is 1. The summed E-state index contributed by atoms with van der Waals surface area (Å²) in [5.74, 6) is 0.975. The lowest BCUT2D eigenvalue weighted by atomic mass is 10.1. The third kappa shape index (κ3) is 2.36. The number of hydrogen-bond acceptors (Lipinski definition) is 4. The van der Waals surface area contributed by atoms with Crippen molar-refractivity contribution < 1.29 is 0 Å². The molecule has 18 heavy (non-hydrogen) atoms. The number of H-pyrrole nitrogens is 1. The first-order chi connectivity index (χ1) is 8.93. The number of nitrogens with zero attached hydrogens (tertiary/aromatic N) is 2. The molecule has 2 aromatic rings. The minimum absolute atomic E-state index is 0.864. The summed E-state index contributed by atoms with van der Waals surface area (Å²) in [7, 11) is 0. The van der Waals surface area contributed by atoms with Gasteiger partial charge >= 0.3 is 0 Å². The van der Waals surface area contributed by atoms with Crippen LogP contribution < -0.4 is 10.6 Å². The highest BCUT2D eigenvalue weighted by Gasteiger charge is 2.14. The molecule has 0 spiro atoms. The summed E-state index contributed by atoms with van der Waals surface area (Å²) >= 11 is 0. The van der Waals surface area contributed by atoms with Gasteiger partial charge in [-0.05, 0) is 18.1 Å². The van der Waals surface area contributed by atoms with Crippen molar-refractivity contribution in [1.29, 1.82) is 0 Å². The smallest absolute Gasteiger partial charge is 0.134 e. The monoisotopic (exact) mass is 243 g/mol. The molecule has 1 aliphatic rings. The second kappa shape index (κ2) is 5.18. The molecule has 0 fully saturated rings. The number of aromatic nitrogens is 3. The lowest BCUT2D eigenvalue weighted by molar-refractivity contribution is 0.627. The molecular formula is C13H17N5. The molecule has 0 aliphatic carbocycles. The van der Waals surface area contributed by atoms with Crippen LogP contribution in [0.15, 0.2) is 24.8 Å². The minimum Gasteiger partial charge on any atom is -0.369 e. The van der Waals surface area contributed by atoms with E-state index < -0.39 is 0 Å². The van der Waals surface area contributed by atoms with Gasteiger partial charge in [0.25, 0.3) is 0 Å². The number of rotatable bonds is 4. The quantitative estimate of drug-likeness (QED) is 0.752. The molecular weight excluding hydrogens is 226 g/mol. The van der Waals surface area contributed by atoms with E-state index in [0.717, 1.165) is 38.3 Å². The van der Waals surface area contributed by atoms with E-state index in [9.17, 15) is 0 Å². The summed E-state index contributed by atoms with van der Waals surface area (Å²) in [6.07, 6.45) is 7.62. The third-order valence-electron chi connectivity index (χ3n) is 3.24. The average molecular weight is 243 g/mol. The fourth-order valence-corrected chi connectivity index (χ4v) is 2.26. The molecule has 5 heteroatoms. The Kier molecular flexibility index (Phi) is 3.23. The van der Waals surface area contributed by atoms with Crippen LogP contribution in [0.5, 0.6) is 0 Å². The molecule has 0 unspecified atom stereocenters. The molecule has 2 aromatic heterocycles. The van der Waals surface area contributed by atoms with Crippen LogP contribution in [0.3, 0.4) is 0 Å². The summed E-state index contributed by atoms with van der Waals surface area (Å²) in [6, 6.07) is 2.10. The number of fused-ring (bicyclic) bond motifs is 1. The Morgan fingerprint density at radius 3 is 3.22 bits per heavy atom. The Hall–Kier alpha value is -1.88. The van der Waals surface area contributed by atoms with Crippen LogP contribution in [0.1, 0.15) is 16.8 Å². The molecule has 3 heterocycles. The molecule has 1 aliphatic heterocycles. The van der Waals surface area contributed by atoms with Gasteiger partial charge in [0.15, 0.2) is 0 Å². The zero-order valence-corrected chi connectivity index (χ0v) is 10.2. The van der Waals surface area contributed by atoms with Crippen LogP contribution in [0, 0.1) is 0 Å². The first-order valence-electron chi connectivity index (χ1n) is 6.32. The minimum atomic E-state index is 0.864. The second-order valence-electron chi connectivity index (χ2n) is 4.47. The normalized spacial score (nSPS) is 14.2. The van der Waals surface area contributed by atoms with Crippen molar-refractivity contribution in [2.75, 3.05) is 18.4 Å². The Bertz CT molecular complexity index is 506. The number of hydrogen-bond donors (Lipinski definition) is 3. The first kappa shape index (κ1) is 11.2. The fourth-order valence-electron chi connectivity index (χ4n) is 2.26. The van der Waals surface area contributed by atoms with Crippen molar-refractivity contribution >= 4 is 5.82 Å². The molecule has 3 N–H and O–H groups in total. The van der Waals surface area contributed by atoms with Gasteiger partial charge in [0, 0.05) is 44.0 Å². The second-order valence-corrected chi connectivity index (χ2v) is 4.47. The summed E-state index contributed by atoms with van der Waals surface area (Å²) in [6.45, 7) is 2.76. The van der Waals surface area contributed by atoms with Gasteiger partial charge < -0.3 is 15.6 Å². The molecule has 5 nitrogen and oxygen atoms in total. The standard InChI is InChI=1S/C13H17N5/c1-4-14-7-10(1)2-6-16-13-11-8-15-5-3-12(11)17-9-18-13/h1,4,7,9,14-15H,2-3,5-6,8H2,(H,16,17,18). The van der Waals surface area contributed by atoms with Crippen molar-refractivity contribution in [3.63, 3.8) is 0 Å². The van der Waals surface area contributed by atoms with E-state index in [-0.39, 0.29) is 0 Å². The predicted molar refractivity (Wildman–Crippen MR) is 70.4 cm³/mol. The van der Waals surface area contributed by atoms with Crippen molar-refractivity contribution in [2.24, 2.45) is 0 Å². The molecule has 0 saturated heterocycles. The van der Waals surface area contributed by atoms with Crippen molar-refractivity contribution in [1.82, 2.24) is 20.3 Å². The summed E-state index contributed by atoms with van der Waals surface area (Å²) < 4.78 is 0. The van der Waals surface area contributed by atoms with Gasteiger partial charge in [-0.2, -0.15) is 0 Å². The highest BCUT2D eigenvalue weighted by Crippen LogP contribution is 2.18. The van der Waals surface area contributed by atoms with E-state index in [1.54, 1.807) is 6.33 Å². The molecule has 0 radical (unpaired) electrons. The predicted octanol–water partition coefficient (Wildman–Crippen LogP) is 1.10. The Morgan fingerprint density at radius 1 is 1.33 bits per heavy atom. The molecule has 3 rings (SSSR count).